The fourth-order valence-corrected chi connectivity index (χ4v) is 5.39. The highest BCUT2D eigenvalue weighted by Crippen LogP contribution is 2.38. The number of para-hydroxylation sites is 1. The summed E-state index contributed by atoms with van der Waals surface area (Å²) in [6.07, 6.45) is 1.22. The van der Waals surface area contributed by atoms with Gasteiger partial charge in [-0.15, -0.1) is 11.3 Å². The van der Waals surface area contributed by atoms with E-state index >= 15 is 0 Å². The molecular formula is C26H28N2O3S2. The molecule has 0 atom stereocenters. The van der Waals surface area contributed by atoms with Crippen molar-refractivity contribution < 1.29 is 13.5 Å². The van der Waals surface area contributed by atoms with E-state index in [9.17, 15) is 13.5 Å². The van der Waals surface area contributed by atoms with Crippen LogP contribution in [0, 0.1) is 0 Å². The Bertz CT molecular complexity index is 1410. The number of thiophene rings is 1. The van der Waals surface area contributed by atoms with Crippen molar-refractivity contribution in [3.05, 3.63) is 78.0 Å². The monoisotopic (exact) mass is 480 g/mol. The van der Waals surface area contributed by atoms with Crippen LogP contribution in [0.25, 0.3) is 26.7 Å². The summed E-state index contributed by atoms with van der Waals surface area (Å²) in [6, 6.07) is 21.1. The molecule has 7 heteroatoms. The second-order valence-electron chi connectivity index (χ2n) is 9.06. The molecule has 0 aliphatic carbocycles. The second-order valence-corrected chi connectivity index (χ2v) is 12.2. The topological polar surface area (TPSA) is 72.2 Å². The average Bonchev–Trinajstić information content (AvgIpc) is 3.40. The van der Waals surface area contributed by atoms with Gasteiger partial charge in [0.25, 0.3) is 0 Å². The van der Waals surface area contributed by atoms with Crippen LogP contribution in [0.15, 0.2) is 71.6 Å². The zero-order valence-corrected chi connectivity index (χ0v) is 21.0. The van der Waals surface area contributed by atoms with Gasteiger partial charge < -0.3 is 5.11 Å². The Morgan fingerprint density at radius 1 is 0.970 bits per heavy atom. The fraction of sp³-hybridized carbons (Fsp3) is 0.269. The normalized spacial score (nSPS) is 12.5. The van der Waals surface area contributed by atoms with Crippen molar-refractivity contribution in [2.45, 2.75) is 44.1 Å². The third-order valence-corrected chi connectivity index (χ3v) is 7.80. The molecule has 0 saturated carbocycles. The molecule has 5 nitrogen and oxygen atoms in total. The van der Waals surface area contributed by atoms with Crippen molar-refractivity contribution in [1.29, 1.82) is 0 Å². The lowest BCUT2D eigenvalue weighted by Gasteiger charge is -2.15. The number of aliphatic hydroxyl groups is 1. The van der Waals surface area contributed by atoms with E-state index in [0.29, 0.717) is 16.5 Å². The largest absolute Gasteiger partial charge is 0.384 e. The van der Waals surface area contributed by atoms with E-state index in [2.05, 4.69) is 19.9 Å². The maximum Gasteiger partial charge on any atom is 0.175 e. The van der Waals surface area contributed by atoms with Crippen LogP contribution in [0.3, 0.4) is 0 Å². The van der Waals surface area contributed by atoms with E-state index in [1.54, 1.807) is 43.4 Å². The standard InChI is InChI=1S/C26H28N2O3S2/c1-17(2)20-11-6-7-12-21(20)28-22(16-25(27-28)26(3,4)29)24-14-13-23(32-24)18-9-8-10-19(15-18)33(5,30)31/h6-17,29H,1-5H3. The summed E-state index contributed by atoms with van der Waals surface area (Å²) in [7, 11) is -3.28. The highest BCUT2D eigenvalue weighted by atomic mass is 32.2. The molecule has 0 aliphatic rings. The molecule has 2 heterocycles. The molecule has 0 saturated heterocycles. The number of hydrogen-bond acceptors (Lipinski definition) is 5. The molecule has 0 spiro atoms. The molecule has 0 unspecified atom stereocenters. The van der Waals surface area contributed by atoms with Gasteiger partial charge >= 0.3 is 0 Å². The molecular weight excluding hydrogens is 452 g/mol. The quantitative estimate of drug-likeness (QED) is 0.366. The van der Waals surface area contributed by atoms with Crippen LogP contribution in [0.5, 0.6) is 0 Å². The minimum Gasteiger partial charge on any atom is -0.384 e. The zero-order chi connectivity index (χ0) is 24.0. The van der Waals surface area contributed by atoms with E-state index in [1.165, 1.54) is 11.8 Å². The van der Waals surface area contributed by atoms with Gasteiger partial charge in [-0.3, -0.25) is 0 Å². The molecule has 0 amide bonds. The van der Waals surface area contributed by atoms with Crippen molar-refractivity contribution in [1.82, 2.24) is 9.78 Å². The summed E-state index contributed by atoms with van der Waals surface area (Å²) in [5, 5.41) is 15.5. The first-order valence-corrected chi connectivity index (χ1v) is 13.5. The number of hydrogen-bond donors (Lipinski definition) is 1. The average molecular weight is 481 g/mol. The molecule has 172 valence electrons. The number of nitrogens with zero attached hydrogens (tertiary/aromatic N) is 2. The van der Waals surface area contributed by atoms with Crippen LogP contribution in [-0.2, 0) is 15.4 Å². The number of aromatic nitrogens is 2. The van der Waals surface area contributed by atoms with E-state index < -0.39 is 15.4 Å². The lowest BCUT2D eigenvalue weighted by molar-refractivity contribution is 0.0734. The molecule has 4 rings (SSSR count). The predicted molar refractivity (Wildman–Crippen MR) is 135 cm³/mol. The van der Waals surface area contributed by atoms with Gasteiger partial charge in [0.15, 0.2) is 9.84 Å². The van der Waals surface area contributed by atoms with E-state index in [4.69, 9.17) is 5.10 Å². The maximum atomic E-state index is 12.0. The van der Waals surface area contributed by atoms with Gasteiger partial charge in [-0.1, -0.05) is 44.2 Å². The number of benzene rings is 2. The minimum atomic E-state index is -3.28. The van der Waals surface area contributed by atoms with Crippen LogP contribution < -0.4 is 0 Å². The fourth-order valence-electron chi connectivity index (χ4n) is 3.72. The lowest BCUT2D eigenvalue weighted by Crippen LogP contribution is -2.16. The van der Waals surface area contributed by atoms with Crippen LogP contribution in [0.2, 0.25) is 0 Å². The van der Waals surface area contributed by atoms with Gasteiger partial charge in [-0.05, 0) is 67.3 Å². The van der Waals surface area contributed by atoms with Gasteiger partial charge in [0.2, 0.25) is 0 Å². The Balaban J connectivity index is 1.86. The van der Waals surface area contributed by atoms with Gasteiger partial charge in [0.1, 0.15) is 5.60 Å². The Kier molecular flexibility index (Phi) is 6.07. The number of rotatable bonds is 6. The van der Waals surface area contributed by atoms with Crippen molar-refractivity contribution in [2.24, 2.45) is 0 Å². The summed E-state index contributed by atoms with van der Waals surface area (Å²) in [4.78, 5) is 2.25. The first-order chi connectivity index (χ1) is 15.4. The molecule has 1 N–H and O–H groups in total. The Hall–Kier alpha value is -2.74. The molecule has 2 aromatic carbocycles. The number of sulfone groups is 1. The van der Waals surface area contributed by atoms with Crippen LogP contribution in [0.4, 0.5) is 0 Å². The van der Waals surface area contributed by atoms with Crippen molar-refractivity contribution in [3.8, 4) is 26.7 Å². The summed E-state index contributed by atoms with van der Waals surface area (Å²) >= 11 is 1.57. The Labute approximate surface area is 199 Å². The smallest absolute Gasteiger partial charge is 0.175 e. The maximum absolute atomic E-state index is 12.0. The summed E-state index contributed by atoms with van der Waals surface area (Å²) in [6.45, 7) is 7.76. The third-order valence-electron chi connectivity index (χ3n) is 5.53. The van der Waals surface area contributed by atoms with Crippen LogP contribution in [0.1, 0.15) is 44.9 Å². The van der Waals surface area contributed by atoms with E-state index in [1.807, 2.05) is 47.1 Å². The summed E-state index contributed by atoms with van der Waals surface area (Å²) < 4.78 is 25.9. The molecule has 33 heavy (non-hydrogen) atoms. The summed E-state index contributed by atoms with van der Waals surface area (Å²) in [5.74, 6) is 0.307. The molecule has 2 aromatic heterocycles. The van der Waals surface area contributed by atoms with E-state index in [-0.39, 0.29) is 0 Å². The molecule has 0 aliphatic heterocycles. The van der Waals surface area contributed by atoms with Crippen molar-refractivity contribution in [3.63, 3.8) is 0 Å². The zero-order valence-electron chi connectivity index (χ0n) is 19.4. The Morgan fingerprint density at radius 3 is 2.33 bits per heavy atom. The van der Waals surface area contributed by atoms with Crippen molar-refractivity contribution >= 4 is 21.2 Å². The SMILES string of the molecule is CC(C)c1ccccc1-n1nc(C(C)(C)O)cc1-c1ccc(-c2cccc(S(C)(=O)=O)c2)s1. The van der Waals surface area contributed by atoms with E-state index in [0.717, 1.165) is 26.7 Å². The molecule has 4 aromatic rings. The second kappa shape index (κ2) is 8.56. The predicted octanol–water partition coefficient (Wildman–Crippen LogP) is 6.02. The van der Waals surface area contributed by atoms with Crippen LogP contribution in [-0.4, -0.2) is 29.6 Å². The third kappa shape index (κ3) is 4.81. The first kappa shape index (κ1) is 23.4. The highest BCUT2D eigenvalue weighted by Gasteiger charge is 2.25. The molecule has 0 radical (unpaired) electrons. The Morgan fingerprint density at radius 2 is 1.67 bits per heavy atom. The molecule has 0 bridgehead atoms. The van der Waals surface area contributed by atoms with Gasteiger partial charge in [0.05, 0.1) is 26.8 Å². The summed E-state index contributed by atoms with van der Waals surface area (Å²) in [5.41, 5.74) is 3.39. The van der Waals surface area contributed by atoms with Gasteiger partial charge in [-0.25, -0.2) is 13.1 Å². The van der Waals surface area contributed by atoms with Crippen LogP contribution >= 0.6 is 11.3 Å². The lowest BCUT2D eigenvalue weighted by atomic mass is 10.0. The van der Waals surface area contributed by atoms with Gasteiger partial charge in [-0.2, -0.15) is 5.10 Å². The highest BCUT2D eigenvalue weighted by molar-refractivity contribution is 7.90. The minimum absolute atomic E-state index is 0.301. The first-order valence-electron chi connectivity index (χ1n) is 10.8. The molecule has 0 fully saturated rings. The van der Waals surface area contributed by atoms with Crippen molar-refractivity contribution in [2.75, 3.05) is 6.26 Å². The van der Waals surface area contributed by atoms with Gasteiger partial charge in [0, 0.05) is 11.1 Å².